The van der Waals surface area contributed by atoms with Gasteiger partial charge in [0.15, 0.2) is 0 Å². The van der Waals surface area contributed by atoms with Crippen molar-refractivity contribution in [3.8, 4) is 69.0 Å². The lowest BCUT2D eigenvalue weighted by Gasteiger charge is -2.11. The van der Waals surface area contributed by atoms with Gasteiger partial charge in [0.1, 0.15) is 69.0 Å². The summed E-state index contributed by atoms with van der Waals surface area (Å²) in [6.07, 6.45) is 0.789. The first-order valence-electron chi connectivity index (χ1n) is 27.4. The fraction of sp³-hybridized carbons (Fsp3) is 0.227. The first-order valence-corrected chi connectivity index (χ1v) is 27.4. The van der Waals surface area contributed by atoms with Crippen molar-refractivity contribution in [2.45, 2.75) is 77.0 Å². The van der Waals surface area contributed by atoms with Crippen LogP contribution in [0.2, 0.25) is 0 Å². The van der Waals surface area contributed by atoms with Gasteiger partial charge in [0, 0.05) is 56.7 Å². The standard InChI is InChI=1S/C66H60O21/c1-76-46-28-34-52(35-29-46)85-64(73)43-16-22-49(23-17-43)79-58(67)10-4-7-13-61(70)82-55-40-56(83-62(71)14-8-5-11-59(68)80-50-24-18-44(19-25-50)65(74)86-53-36-30-47(77-2)31-37-53)42-57(41-55)84-63(72)15-9-6-12-60(69)81-51-26-20-45(21-27-51)66(75)87-54-38-32-48(78-3)33-39-54/h16-42H,4-15H2,1-3H3. The van der Waals surface area contributed by atoms with E-state index in [9.17, 15) is 43.2 Å². The molecule has 21 heteroatoms. The van der Waals surface area contributed by atoms with E-state index in [1.165, 1.54) is 112 Å². The molecule has 0 aliphatic rings. The average Bonchev–Trinajstić information content (AvgIpc) is 3.57. The average molecular weight is 1190 g/mol. The predicted molar refractivity (Wildman–Crippen MR) is 309 cm³/mol. The highest BCUT2D eigenvalue weighted by molar-refractivity contribution is 5.93. The van der Waals surface area contributed by atoms with E-state index in [4.69, 9.17) is 56.8 Å². The Morgan fingerprint density at radius 1 is 0.218 bits per heavy atom. The Labute approximate surface area is 499 Å². The number of rotatable bonds is 30. The number of hydrogen-bond acceptors (Lipinski definition) is 21. The zero-order valence-corrected chi connectivity index (χ0v) is 47.6. The van der Waals surface area contributed by atoms with Crippen molar-refractivity contribution >= 4 is 53.7 Å². The minimum atomic E-state index is -0.716. The van der Waals surface area contributed by atoms with Gasteiger partial charge < -0.3 is 56.8 Å². The van der Waals surface area contributed by atoms with Gasteiger partial charge >= 0.3 is 53.7 Å². The number of ether oxygens (including phenoxy) is 12. The highest BCUT2D eigenvalue weighted by Crippen LogP contribution is 2.30. The molecule has 0 unspecified atom stereocenters. The van der Waals surface area contributed by atoms with Gasteiger partial charge in [0.25, 0.3) is 0 Å². The SMILES string of the molecule is COc1ccc(OC(=O)c2ccc(OC(=O)CCCCC(=O)Oc3cc(OC(=O)CCCCC(=O)Oc4ccc(C(=O)Oc5ccc(OC)cc5)cc4)cc(OC(=O)CCCCC(=O)Oc4ccc(C(=O)Oc5ccc(OC)cc5)cc4)c3)cc2)cc1. The number of hydrogen-bond donors (Lipinski definition) is 0. The van der Waals surface area contributed by atoms with Crippen LogP contribution in [0.15, 0.2) is 164 Å². The maximum absolute atomic E-state index is 13.1. The van der Waals surface area contributed by atoms with Crippen molar-refractivity contribution in [2.75, 3.05) is 21.3 Å². The van der Waals surface area contributed by atoms with Crippen LogP contribution in [-0.4, -0.2) is 75.1 Å². The van der Waals surface area contributed by atoms with Crippen molar-refractivity contribution in [3.63, 3.8) is 0 Å². The molecule has 21 nitrogen and oxygen atoms in total. The fourth-order valence-electron chi connectivity index (χ4n) is 7.84. The number of carbonyl (C=O) groups is 9. The predicted octanol–water partition coefficient (Wildman–Crippen LogP) is 11.6. The molecule has 0 amide bonds. The third kappa shape index (κ3) is 21.7. The number of esters is 9. The molecule has 0 radical (unpaired) electrons. The number of methoxy groups -OCH3 is 3. The molecule has 0 aliphatic heterocycles. The summed E-state index contributed by atoms with van der Waals surface area (Å²) < 4.78 is 64.3. The van der Waals surface area contributed by atoms with Crippen molar-refractivity contribution in [2.24, 2.45) is 0 Å². The maximum Gasteiger partial charge on any atom is 0.343 e. The lowest BCUT2D eigenvalue weighted by Crippen LogP contribution is -2.13. The largest absolute Gasteiger partial charge is 0.497 e. The molecule has 0 aromatic heterocycles. The second kappa shape index (κ2) is 32.9. The summed E-state index contributed by atoms with van der Waals surface area (Å²) in [4.78, 5) is 115. The van der Waals surface area contributed by atoms with Gasteiger partial charge in [-0.1, -0.05) is 0 Å². The van der Waals surface area contributed by atoms with E-state index in [0.29, 0.717) is 34.5 Å². The van der Waals surface area contributed by atoms with E-state index in [1.54, 1.807) is 72.8 Å². The quantitative estimate of drug-likeness (QED) is 0.0230. The zero-order valence-electron chi connectivity index (χ0n) is 47.6. The molecule has 0 bridgehead atoms. The molecule has 0 fully saturated rings. The molecule has 0 spiro atoms. The maximum atomic E-state index is 13.1. The summed E-state index contributed by atoms with van der Waals surface area (Å²) in [6.45, 7) is 0. The van der Waals surface area contributed by atoms with Crippen LogP contribution in [0.3, 0.4) is 0 Å². The molecular weight excluding hydrogens is 1130 g/mol. The van der Waals surface area contributed by atoms with Gasteiger partial charge in [-0.25, -0.2) is 14.4 Å². The summed E-state index contributed by atoms with van der Waals surface area (Å²) in [5, 5.41) is 0. The van der Waals surface area contributed by atoms with Gasteiger partial charge in [-0.2, -0.15) is 0 Å². The summed E-state index contributed by atoms with van der Waals surface area (Å²) in [7, 11) is 4.56. The van der Waals surface area contributed by atoms with Crippen LogP contribution in [0, 0.1) is 0 Å². The van der Waals surface area contributed by atoms with E-state index < -0.39 is 53.7 Å². The highest BCUT2D eigenvalue weighted by Gasteiger charge is 2.18. The number of carbonyl (C=O) groups excluding carboxylic acids is 9. The van der Waals surface area contributed by atoms with Crippen LogP contribution < -0.4 is 56.8 Å². The molecule has 0 N–H and O–H groups in total. The topological polar surface area (TPSA) is 264 Å². The van der Waals surface area contributed by atoms with Crippen molar-refractivity contribution < 1.29 is 100.0 Å². The summed E-state index contributed by atoms with van der Waals surface area (Å²) in [6, 6.07) is 40.6. The normalized spacial score (nSPS) is 10.5. The summed E-state index contributed by atoms with van der Waals surface area (Å²) >= 11 is 0. The number of benzene rings is 7. The Morgan fingerprint density at radius 3 is 0.575 bits per heavy atom. The first kappa shape index (κ1) is 63.7. The molecule has 0 heterocycles. The Bertz CT molecular complexity index is 3100. The smallest absolute Gasteiger partial charge is 0.343 e. The Kier molecular flexibility index (Phi) is 24.1. The van der Waals surface area contributed by atoms with Crippen LogP contribution in [0.25, 0.3) is 0 Å². The van der Waals surface area contributed by atoms with Crippen molar-refractivity contribution in [1.82, 2.24) is 0 Å². The molecular formula is C66H60O21. The van der Waals surface area contributed by atoms with Gasteiger partial charge in [0.05, 0.1) is 38.0 Å². The van der Waals surface area contributed by atoms with Gasteiger partial charge in [-0.05, 0) is 184 Å². The van der Waals surface area contributed by atoms with Crippen molar-refractivity contribution in [1.29, 1.82) is 0 Å². The minimum Gasteiger partial charge on any atom is -0.497 e. The lowest BCUT2D eigenvalue weighted by molar-refractivity contribution is -0.137. The van der Waals surface area contributed by atoms with Gasteiger partial charge in [-0.3, -0.25) is 28.8 Å². The van der Waals surface area contributed by atoms with Crippen LogP contribution in [0.4, 0.5) is 0 Å². The van der Waals surface area contributed by atoms with E-state index in [2.05, 4.69) is 0 Å². The van der Waals surface area contributed by atoms with Crippen molar-refractivity contribution in [3.05, 3.63) is 180 Å². The summed E-state index contributed by atoms with van der Waals surface area (Å²) in [5.74, 6) is -2.77. The molecule has 0 saturated heterocycles. The van der Waals surface area contributed by atoms with Crippen LogP contribution in [-0.2, 0) is 28.8 Å². The number of unbranched alkanes of at least 4 members (excludes halogenated alkanes) is 3. The molecule has 0 atom stereocenters. The second-order valence-electron chi connectivity index (χ2n) is 18.9. The van der Waals surface area contributed by atoms with E-state index in [0.717, 1.165) is 0 Å². The molecule has 0 saturated carbocycles. The van der Waals surface area contributed by atoms with E-state index >= 15 is 0 Å². The molecule has 7 aromatic carbocycles. The van der Waals surface area contributed by atoms with Gasteiger partial charge in [0.2, 0.25) is 0 Å². The van der Waals surface area contributed by atoms with E-state index in [-0.39, 0.29) is 128 Å². The Hall–Kier alpha value is -10.8. The highest BCUT2D eigenvalue weighted by atomic mass is 16.6. The second-order valence-corrected chi connectivity index (χ2v) is 18.9. The Balaban J connectivity index is 0.858. The third-order valence-electron chi connectivity index (χ3n) is 12.4. The molecule has 87 heavy (non-hydrogen) atoms. The third-order valence-corrected chi connectivity index (χ3v) is 12.4. The first-order chi connectivity index (χ1) is 42.1. The monoisotopic (exact) mass is 1190 g/mol. The van der Waals surface area contributed by atoms with Gasteiger partial charge in [-0.15, -0.1) is 0 Å². The summed E-state index contributed by atoms with van der Waals surface area (Å²) in [5.41, 5.74) is 0.679. The molecule has 450 valence electrons. The van der Waals surface area contributed by atoms with E-state index in [1.807, 2.05) is 0 Å². The molecule has 7 aromatic rings. The Morgan fingerprint density at radius 2 is 0.379 bits per heavy atom. The lowest BCUT2D eigenvalue weighted by atomic mass is 10.2. The van der Waals surface area contributed by atoms with Crippen LogP contribution >= 0.6 is 0 Å². The molecule has 7 rings (SSSR count). The minimum absolute atomic E-state index is 0.0524. The fourth-order valence-corrected chi connectivity index (χ4v) is 7.84. The zero-order chi connectivity index (χ0) is 61.9. The molecule has 0 aliphatic carbocycles. The van der Waals surface area contributed by atoms with Crippen LogP contribution in [0.5, 0.6) is 69.0 Å². The van der Waals surface area contributed by atoms with Crippen LogP contribution in [0.1, 0.15) is 108 Å².